The highest BCUT2D eigenvalue weighted by molar-refractivity contribution is 6.32. The summed E-state index contributed by atoms with van der Waals surface area (Å²) in [5.41, 5.74) is -0.869. The molecule has 0 bridgehead atoms. The van der Waals surface area contributed by atoms with Crippen molar-refractivity contribution in [1.82, 2.24) is 14.7 Å². The minimum Gasteiger partial charge on any atom is -0.506 e. The van der Waals surface area contributed by atoms with Crippen molar-refractivity contribution in [2.24, 2.45) is 0 Å². The van der Waals surface area contributed by atoms with Crippen molar-refractivity contribution in [1.29, 1.82) is 0 Å². The number of hydrogen-bond acceptors (Lipinski definition) is 7. The zero-order valence-electron chi connectivity index (χ0n) is 24.3. The first-order valence-corrected chi connectivity index (χ1v) is 14.7. The number of phenols is 1. The van der Waals surface area contributed by atoms with E-state index < -0.39 is 52.3 Å². The fourth-order valence-electron chi connectivity index (χ4n) is 6.16. The largest absolute Gasteiger partial charge is 0.506 e. The van der Waals surface area contributed by atoms with Crippen molar-refractivity contribution in [3.8, 4) is 5.75 Å². The molecular formula is C30H34ClF3N4O6. The molecule has 2 fully saturated rings. The number of benzene rings is 2. The molecule has 3 heterocycles. The molecule has 2 N–H and O–H groups in total. The van der Waals surface area contributed by atoms with Crippen molar-refractivity contribution >= 4 is 35.4 Å². The van der Waals surface area contributed by atoms with Gasteiger partial charge in [0.05, 0.1) is 16.3 Å². The average molecular weight is 639 g/mol. The van der Waals surface area contributed by atoms with Crippen molar-refractivity contribution < 1.29 is 42.1 Å². The number of carbonyl (C=O) groups excluding carboxylic acids is 3. The third-order valence-corrected chi connectivity index (χ3v) is 8.93. The Morgan fingerprint density at radius 3 is 2.43 bits per heavy atom. The summed E-state index contributed by atoms with van der Waals surface area (Å²) >= 11 is 5.92. The zero-order chi connectivity index (χ0) is 31.8. The number of nitrogens with zero attached hydrogens (tertiary/aromatic N) is 3. The predicted molar refractivity (Wildman–Crippen MR) is 154 cm³/mol. The summed E-state index contributed by atoms with van der Waals surface area (Å²) in [5, 5.41) is 12.1. The number of piperidine rings is 2. The van der Waals surface area contributed by atoms with E-state index in [-0.39, 0.29) is 44.0 Å². The first-order valence-electron chi connectivity index (χ1n) is 14.4. The number of anilines is 1. The SMILES string of the molecule is CN(C)C1CCN(C(=O)[C@@H](Cc2cc(Cl)c(O)c(C(F)(F)F)c2)OC(=O)N2CCC3(CC2)OC(=O)Nc2ccccc23)CC1. The van der Waals surface area contributed by atoms with Gasteiger partial charge in [-0.05, 0) is 50.7 Å². The van der Waals surface area contributed by atoms with Crippen LogP contribution >= 0.6 is 11.6 Å². The molecular weight excluding hydrogens is 605 g/mol. The molecule has 1 atom stereocenters. The van der Waals surface area contributed by atoms with Crippen LogP contribution in [0.2, 0.25) is 5.02 Å². The summed E-state index contributed by atoms with van der Waals surface area (Å²) in [6.07, 6.45) is -6.17. The predicted octanol–water partition coefficient (Wildman–Crippen LogP) is 5.22. The van der Waals surface area contributed by atoms with E-state index in [1.807, 2.05) is 26.2 Å². The normalized spacial score (nSPS) is 19.3. The Hall–Kier alpha value is -3.71. The number of halogens is 4. The highest BCUT2D eigenvalue weighted by Gasteiger charge is 2.46. The van der Waals surface area contributed by atoms with Crippen LogP contribution in [0.5, 0.6) is 5.75 Å². The lowest BCUT2D eigenvalue weighted by atomic mass is 9.82. The number of hydrogen-bond donors (Lipinski definition) is 2. The number of fused-ring (bicyclic) bond motifs is 2. The van der Waals surface area contributed by atoms with Crippen molar-refractivity contribution in [2.75, 3.05) is 45.6 Å². The summed E-state index contributed by atoms with van der Waals surface area (Å²) in [7, 11) is 3.90. The topological polar surface area (TPSA) is 112 Å². The van der Waals surface area contributed by atoms with Gasteiger partial charge in [0.2, 0.25) is 0 Å². The number of para-hydroxylation sites is 1. The fraction of sp³-hybridized carbons (Fsp3) is 0.500. The molecule has 14 heteroatoms. The smallest absolute Gasteiger partial charge is 0.420 e. The summed E-state index contributed by atoms with van der Waals surface area (Å²) in [6.45, 7) is 1.09. The van der Waals surface area contributed by atoms with Gasteiger partial charge in [0.1, 0.15) is 11.4 Å². The number of likely N-dealkylation sites (tertiary alicyclic amines) is 2. The van der Waals surface area contributed by atoms with Gasteiger partial charge < -0.3 is 29.3 Å². The molecule has 3 amide bonds. The summed E-state index contributed by atoms with van der Waals surface area (Å²) < 4.78 is 52.2. The van der Waals surface area contributed by atoms with E-state index in [0.717, 1.165) is 11.6 Å². The molecule has 0 aromatic heterocycles. The summed E-state index contributed by atoms with van der Waals surface area (Å²) in [4.78, 5) is 44.4. The Labute approximate surface area is 257 Å². The van der Waals surface area contributed by atoms with Gasteiger partial charge in [-0.15, -0.1) is 0 Å². The minimum absolute atomic E-state index is 0.0229. The monoisotopic (exact) mass is 638 g/mol. The van der Waals surface area contributed by atoms with E-state index in [9.17, 15) is 32.7 Å². The van der Waals surface area contributed by atoms with Crippen LogP contribution in [0, 0.1) is 0 Å². The first-order chi connectivity index (χ1) is 20.8. The van der Waals surface area contributed by atoms with E-state index in [4.69, 9.17) is 21.1 Å². The van der Waals surface area contributed by atoms with Crippen LogP contribution in [0.4, 0.5) is 28.4 Å². The van der Waals surface area contributed by atoms with Gasteiger partial charge >= 0.3 is 18.4 Å². The molecule has 0 unspecified atom stereocenters. The Morgan fingerprint density at radius 2 is 1.80 bits per heavy atom. The minimum atomic E-state index is -4.89. The molecule has 44 heavy (non-hydrogen) atoms. The summed E-state index contributed by atoms with van der Waals surface area (Å²) in [5.74, 6) is -1.64. The number of carbonyl (C=O) groups is 3. The lowest BCUT2D eigenvalue weighted by Crippen LogP contribution is -2.52. The zero-order valence-corrected chi connectivity index (χ0v) is 25.1. The van der Waals surface area contributed by atoms with Crippen molar-refractivity contribution in [3.63, 3.8) is 0 Å². The number of amides is 3. The van der Waals surface area contributed by atoms with Gasteiger partial charge in [-0.2, -0.15) is 13.2 Å². The molecule has 2 saturated heterocycles. The summed E-state index contributed by atoms with van der Waals surface area (Å²) in [6, 6.07) is 9.36. The van der Waals surface area contributed by atoms with Gasteiger partial charge in [-0.1, -0.05) is 29.8 Å². The van der Waals surface area contributed by atoms with Crippen LogP contribution in [0.3, 0.4) is 0 Å². The second kappa shape index (κ2) is 12.4. The van der Waals surface area contributed by atoms with Gasteiger partial charge in [0.25, 0.3) is 5.91 Å². The van der Waals surface area contributed by atoms with Crippen LogP contribution in [-0.2, 0) is 32.5 Å². The standard InChI is InChI=1S/C30H34ClF3N4O6/c1-36(2)19-7-11-37(12-8-19)26(40)24(17-18-15-21(30(32,33)34)25(39)22(31)16-18)43-28(42)38-13-9-29(10-14-38)20-5-3-4-6-23(20)35-27(41)44-29/h3-6,15-16,19,24,39H,7-14,17H2,1-2H3,(H,35,41)/t24-/m1/s1. The molecule has 2 aromatic rings. The average Bonchev–Trinajstić information content (AvgIpc) is 2.98. The van der Waals surface area contributed by atoms with Crippen molar-refractivity contribution in [3.05, 3.63) is 58.1 Å². The van der Waals surface area contributed by atoms with Gasteiger partial charge in [0.15, 0.2) is 6.10 Å². The van der Waals surface area contributed by atoms with E-state index in [0.29, 0.717) is 37.7 Å². The third kappa shape index (κ3) is 6.53. The van der Waals surface area contributed by atoms with Crippen LogP contribution in [0.1, 0.15) is 42.4 Å². The van der Waals surface area contributed by atoms with Crippen LogP contribution in [-0.4, -0.2) is 90.3 Å². The molecule has 0 radical (unpaired) electrons. The highest BCUT2D eigenvalue weighted by Crippen LogP contribution is 2.44. The highest BCUT2D eigenvalue weighted by atomic mass is 35.5. The lowest BCUT2D eigenvalue weighted by Gasteiger charge is -2.44. The van der Waals surface area contributed by atoms with E-state index in [2.05, 4.69) is 10.2 Å². The molecule has 3 aliphatic heterocycles. The number of aromatic hydroxyl groups is 1. The maximum Gasteiger partial charge on any atom is 0.420 e. The molecule has 0 saturated carbocycles. The fourth-order valence-corrected chi connectivity index (χ4v) is 6.41. The van der Waals surface area contributed by atoms with Gasteiger partial charge in [0, 0.05) is 57.0 Å². The Kier molecular flexibility index (Phi) is 8.90. The number of ether oxygens (including phenoxy) is 2. The maximum atomic E-state index is 13.7. The van der Waals surface area contributed by atoms with Crippen LogP contribution in [0.25, 0.3) is 0 Å². The molecule has 2 aromatic carbocycles. The molecule has 5 rings (SSSR count). The number of phenolic OH excluding ortho intramolecular Hbond substituents is 1. The number of rotatable bonds is 5. The number of nitrogens with one attached hydrogen (secondary N) is 1. The van der Waals surface area contributed by atoms with Crippen molar-refractivity contribution in [2.45, 2.75) is 56.0 Å². The lowest BCUT2D eigenvalue weighted by molar-refractivity contribution is -0.142. The molecule has 10 nitrogen and oxygen atoms in total. The Balaban J connectivity index is 1.34. The third-order valence-electron chi connectivity index (χ3n) is 8.65. The Morgan fingerprint density at radius 1 is 1.14 bits per heavy atom. The van der Waals surface area contributed by atoms with Crippen LogP contribution < -0.4 is 5.32 Å². The van der Waals surface area contributed by atoms with Gasteiger partial charge in [-0.25, -0.2) is 9.59 Å². The second-order valence-electron chi connectivity index (χ2n) is 11.6. The maximum absolute atomic E-state index is 13.7. The first kappa shape index (κ1) is 31.7. The van der Waals surface area contributed by atoms with E-state index in [1.54, 1.807) is 17.0 Å². The van der Waals surface area contributed by atoms with E-state index >= 15 is 0 Å². The quantitative estimate of drug-likeness (QED) is 0.462. The Bertz CT molecular complexity index is 1420. The second-order valence-corrected chi connectivity index (χ2v) is 12.0. The molecule has 3 aliphatic rings. The molecule has 238 valence electrons. The van der Waals surface area contributed by atoms with Gasteiger partial charge in [-0.3, -0.25) is 10.1 Å². The molecule has 1 spiro atoms. The number of alkyl halides is 3. The van der Waals surface area contributed by atoms with Crippen LogP contribution in [0.15, 0.2) is 36.4 Å². The molecule has 0 aliphatic carbocycles. The van der Waals surface area contributed by atoms with E-state index in [1.165, 1.54) is 4.90 Å².